The van der Waals surface area contributed by atoms with Crippen LogP contribution >= 0.6 is 0 Å². The molecule has 0 saturated carbocycles. The van der Waals surface area contributed by atoms with Crippen molar-refractivity contribution in [1.29, 1.82) is 5.26 Å². The first-order valence-electron chi connectivity index (χ1n) is 6.87. The van der Waals surface area contributed by atoms with Crippen molar-refractivity contribution < 1.29 is 9.47 Å². The number of nitrogens with zero attached hydrogens (tertiary/aromatic N) is 1. The molecule has 2 aromatic rings. The van der Waals surface area contributed by atoms with E-state index in [1.807, 2.05) is 61.5 Å². The van der Waals surface area contributed by atoms with Gasteiger partial charge in [0.25, 0.3) is 0 Å². The van der Waals surface area contributed by atoms with E-state index < -0.39 is 0 Å². The molecule has 4 heteroatoms. The Morgan fingerprint density at radius 3 is 2.57 bits per heavy atom. The molecular formula is C17H18N2O2. The third kappa shape index (κ3) is 4.73. The van der Waals surface area contributed by atoms with Crippen LogP contribution in [0.15, 0.2) is 48.5 Å². The van der Waals surface area contributed by atoms with E-state index in [0.29, 0.717) is 18.9 Å². The lowest BCUT2D eigenvalue weighted by Crippen LogP contribution is -2.01. The van der Waals surface area contributed by atoms with E-state index in [-0.39, 0.29) is 6.61 Å². The molecule has 21 heavy (non-hydrogen) atoms. The minimum absolute atomic E-state index is 0.0628. The van der Waals surface area contributed by atoms with E-state index in [1.54, 1.807) is 0 Å². The van der Waals surface area contributed by atoms with Crippen LogP contribution in [0.4, 0.5) is 5.69 Å². The minimum Gasteiger partial charge on any atom is -0.494 e. The normalized spacial score (nSPS) is 9.71. The van der Waals surface area contributed by atoms with E-state index in [4.69, 9.17) is 14.7 Å². The fourth-order valence-electron chi connectivity index (χ4n) is 1.93. The van der Waals surface area contributed by atoms with E-state index in [1.165, 1.54) is 0 Å². The summed E-state index contributed by atoms with van der Waals surface area (Å²) < 4.78 is 10.8. The summed E-state index contributed by atoms with van der Waals surface area (Å²) in [5, 5.41) is 11.9. The second-order valence-electron chi connectivity index (χ2n) is 4.41. The molecule has 0 radical (unpaired) electrons. The summed E-state index contributed by atoms with van der Waals surface area (Å²) >= 11 is 0. The molecule has 0 aliphatic carbocycles. The van der Waals surface area contributed by atoms with Crippen LogP contribution in [-0.4, -0.2) is 13.2 Å². The quantitative estimate of drug-likeness (QED) is 0.843. The van der Waals surface area contributed by atoms with Gasteiger partial charge in [-0.15, -0.1) is 0 Å². The molecule has 0 heterocycles. The van der Waals surface area contributed by atoms with Gasteiger partial charge >= 0.3 is 0 Å². The molecule has 0 spiro atoms. The zero-order valence-corrected chi connectivity index (χ0v) is 12.0. The molecular weight excluding hydrogens is 264 g/mol. The lowest BCUT2D eigenvalue weighted by molar-refractivity contribution is 0.340. The van der Waals surface area contributed by atoms with Crippen LogP contribution in [0.25, 0.3) is 0 Å². The molecule has 1 N–H and O–H groups in total. The summed E-state index contributed by atoms with van der Waals surface area (Å²) in [6, 6.07) is 17.5. The number of benzene rings is 2. The Kier molecular flexibility index (Phi) is 5.48. The van der Waals surface area contributed by atoms with Gasteiger partial charge in [0.15, 0.2) is 6.61 Å². The molecule has 0 aromatic heterocycles. The highest BCUT2D eigenvalue weighted by atomic mass is 16.5. The topological polar surface area (TPSA) is 54.3 Å². The van der Waals surface area contributed by atoms with Crippen LogP contribution in [0, 0.1) is 11.3 Å². The number of anilines is 1. The van der Waals surface area contributed by atoms with Gasteiger partial charge in [0.2, 0.25) is 0 Å². The summed E-state index contributed by atoms with van der Waals surface area (Å²) in [4.78, 5) is 0. The minimum atomic E-state index is 0.0628. The summed E-state index contributed by atoms with van der Waals surface area (Å²) in [6.45, 7) is 3.36. The second-order valence-corrected chi connectivity index (χ2v) is 4.41. The first-order chi connectivity index (χ1) is 10.3. The molecule has 108 valence electrons. The third-order valence-corrected chi connectivity index (χ3v) is 2.84. The fourth-order valence-corrected chi connectivity index (χ4v) is 1.93. The molecule has 2 aromatic carbocycles. The summed E-state index contributed by atoms with van der Waals surface area (Å²) in [7, 11) is 0. The van der Waals surface area contributed by atoms with E-state index in [9.17, 15) is 0 Å². The Hall–Kier alpha value is -2.67. The summed E-state index contributed by atoms with van der Waals surface area (Å²) in [5.74, 6) is 1.56. The van der Waals surface area contributed by atoms with Gasteiger partial charge in [-0.05, 0) is 36.8 Å². The number of hydrogen-bond donors (Lipinski definition) is 1. The Balaban J connectivity index is 1.96. The summed E-state index contributed by atoms with van der Waals surface area (Å²) in [5.41, 5.74) is 2.09. The Morgan fingerprint density at radius 1 is 1.05 bits per heavy atom. The second kappa shape index (κ2) is 7.81. The number of ether oxygens (including phenoxy) is 2. The van der Waals surface area contributed by atoms with Crippen LogP contribution in [0.5, 0.6) is 11.5 Å². The van der Waals surface area contributed by atoms with Crippen LogP contribution < -0.4 is 14.8 Å². The van der Waals surface area contributed by atoms with Gasteiger partial charge in [0.1, 0.15) is 17.6 Å². The molecule has 0 aliphatic heterocycles. The highest BCUT2D eigenvalue weighted by Gasteiger charge is 1.99. The Bertz CT molecular complexity index is 620. The monoisotopic (exact) mass is 282 g/mol. The van der Waals surface area contributed by atoms with Crippen molar-refractivity contribution >= 4 is 5.69 Å². The van der Waals surface area contributed by atoms with Crippen LogP contribution in [0.3, 0.4) is 0 Å². The molecule has 0 atom stereocenters. The standard InChI is InChI=1S/C17H18N2O2/c1-2-20-17-8-4-6-15(12-17)19-13-14-5-3-7-16(11-14)21-10-9-18/h3-8,11-12,19H,2,10,13H2,1H3. The van der Waals surface area contributed by atoms with Gasteiger partial charge in [-0.25, -0.2) is 0 Å². The van der Waals surface area contributed by atoms with Gasteiger partial charge in [0.05, 0.1) is 6.61 Å². The SMILES string of the molecule is CCOc1cccc(NCc2cccc(OCC#N)c2)c1. The van der Waals surface area contributed by atoms with Crippen molar-refractivity contribution in [2.24, 2.45) is 0 Å². The molecule has 0 amide bonds. The van der Waals surface area contributed by atoms with Gasteiger partial charge in [-0.2, -0.15) is 5.26 Å². The Morgan fingerprint density at radius 2 is 1.81 bits per heavy atom. The molecule has 0 unspecified atom stereocenters. The van der Waals surface area contributed by atoms with Crippen molar-refractivity contribution in [2.45, 2.75) is 13.5 Å². The largest absolute Gasteiger partial charge is 0.494 e. The van der Waals surface area contributed by atoms with Crippen molar-refractivity contribution in [2.75, 3.05) is 18.5 Å². The molecule has 0 fully saturated rings. The lowest BCUT2D eigenvalue weighted by Gasteiger charge is -2.10. The molecule has 0 saturated heterocycles. The predicted octanol–water partition coefficient (Wildman–Crippen LogP) is 3.60. The number of nitriles is 1. The van der Waals surface area contributed by atoms with E-state index in [0.717, 1.165) is 17.0 Å². The van der Waals surface area contributed by atoms with E-state index in [2.05, 4.69) is 5.32 Å². The molecule has 0 aliphatic rings. The fraction of sp³-hybridized carbons (Fsp3) is 0.235. The average Bonchev–Trinajstić information content (AvgIpc) is 2.52. The maximum Gasteiger partial charge on any atom is 0.174 e. The number of rotatable bonds is 7. The van der Waals surface area contributed by atoms with Gasteiger partial charge in [-0.1, -0.05) is 18.2 Å². The highest BCUT2D eigenvalue weighted by Crippen LogP contribution is 2.19. The van der Waals surface area contributed by atoms with Crippen molar-refractivity contribution in [3.63, 3.8) is 0 Å². The van der Waals surface area contributed by atoms with Crippen LogP contribution in [0.1, 0.15) is 12.5 Å². The van der Waals surface area contributed by atoms with Crippen molar-refractivity contribution in [3.05, 3.63) is 54.1 Å². The first kappa shape index (κ1) is 14.7. The average molecular weight is 282 g/mol. The highest BCUT2D eigenvalue weighted by molar-refractivity contribution is 5.48. The van der Waals surface area contributed by atoms with Crippen molar-refractivity contribution in [3.8, 4) is 17.6 Å². The Labute approximate surface area is 124 Å². The maximum absolute atomic E-state index is 8.52. The van der Waals surface area contributed by atoms with Gasteiger partial charge in [0, 0.05) is 18.3 Å². The molecule has 4 nitrogen and oxygen atoms in total. The van der Waals surface area contributed by atoms with Gasteiger partial charge in [-0.3, -0.25) is 0 Å². The van der Waals surface area contributed by atoms with Crippen molar-refractivity contribution in [1.82, 2.24) is 0 Å². The van der Waals surface area contributed by atoms with Crippen LogP contribution in [0.2, 0.25) is 0 Å². The lowest BCUT2D eigenvalue weighted by atomic mass is 10.2. The molecule has 2 rings (SSSR count). The zero-order chi connectivity index (χ0) is 14.9. The van der Waals surface area contributed by atoms with E-state index >= 15 is 0 Å². The number of nitrogens with one attached hydrogen (secondary N) is 1. The predicted molar refractivity (Wildman–Crippen MR) is 82.5 cm³/mol. The third-order valence-electron chi connectivity index (χ3n) is 2.84. The smallest absolute Gasteiger partial charge is 0.174 e. The zero-order valence-electron chi connectivity index (χ0n) is 12.0. The summed E-state index contributed by atoms with van der Waals surface area (Å²) in [6.07, 6.45) is 0. The molecule has 0 bridgehead atoms. The number of hydrogen-bond acceptors (Lipinski definition) is 4. The first-order valence-corrected chi connectivity index (χ1v) is 6.87. The maximum atomic E-state index is 8.52. The van der Waals surface area contributed by atoms with Crippen LogP contribution in [-0.2, 0) is 6.54 Å². The van der Waals surface area contributed by atoms with Gasteiger partial charge < -0.3 is 14.8 Å².